The van der Waals surface area contributed by atoms with E-state index in [2.05, 4.69) is 14.7 Å². The number of ether oxygens (including phenoxy) is 1. The van der Waals surface area contributed by atoms with E-state index in [1.165, 1.54) is 36.7 Å². The van der Waals surface area contributed by atoms with Crippen molar-refractivity contribution in [1.82, 2.24) is 9.97 Å². The maximum absolute atomic E-state index is 12.6. The second-order valence-corrected chi connectivity index (χ2v) is 7.56. The summed E-state index contributed by atoms with van der Waals surface area (Å²) in [6.45, 7) is 0.497. The quantitative estimate of drug-likeness (QED) is 0.694. The molecule has 0 spiro atoms. The Hall–Kier alpha value is -2.48. The second kappa shape index (κ2) is 7.82. The highest BCUT2D eigenvalue weighted by atomic mass is 35.5. The van der Waals surface area contributed by atoms with Crippen LogP contribution in [0.1, 0.15) is 5.56 Å². The SMILES string of the molecule is COCc1ccc(-c2nccnc2NS(=O)(=O)c2ccc(Cl)cc2)cc1. The first-order chi connectivity index (χ1) is 12.5. The lowest BCUT2D eigenvalue weighted by Gasteiger charge is -2.11. The zero-order valence-corrected chi connectivity index (χ0v) is 15.5. The van der Waals surface area contributed by atoms with E-state index in [0.717, 1.165) is 11.1 Å². The number of sulfonamides is 1. The van der Waals surface area contributed by atoms with E-state index < -0.39 is 10.0 Å². The zero-order chi connectivity index (χ0) is 18.6. The van der Waals surface area contributed by atoms with Gasteiger partial charge in [-0.2, -0.15) is 0 Å². The lowest BCUT2D eigenvalue weighted by Crippen LogP contribution is -2.15. The van der Waals surface area contributed by atoms with Crippen LogP contribution in [0.25, 0.3) is 11.3 Å². The fourth-order valence-electron chi connectivity index (χ4n) is 2.35. The molecule has 2 aromatic carbocycles. The molecular formula is C18H16ClN3O3S. The minimum Gasteiger partial charge on any atom is -0.380 e. The third-order valence-corrected chi connectivity index (χ3v) is 5.20. The Labute approximate surface area is 156 Å². The van der Waals surface area contributed by atoms with Gasteiger partial charge in [0.2, 0.25) is 0 Å². The van der Waals surface area contributed by atoms with Crippen LogP contribution < -0.4 is 4.72 Å². The van der Waals surface area contributed by atoms with Crippen molar-refractivity contribution in [1.29, 1.82) is 0 Å². The first-order valence-corrected chi connectivity index (χ1v) is 9.53. The molecule has 3 aromatic rings. The smallest absolute Gasteiger partial charge is 0.263 e. The average molecular weight is 390 g/mol. The van der Waals surface area contributed by atoms with Gasteiger partial charge in [-0.25, -0.2) is 13.4 Å². The molecule has 1 N–H and O–H groups in total. The van der Waals surface area contributed by atoms with Crippen molar-refractivity contribution in [2.75, 3.05) is 11.8 Å². The Balaban J connectivity index is 1.93. The molecular weight excluding hydrogens is 374 g/mol. The van der Waals surface area contributed by atoms with Crippen LogP contribution in [0.15, 0.2) is 65.8 Å². The van der Waals surface area contributed by atoms with Gasteiger partial charge in [-0.15, -0.1) is 0 Å². The summed E-state index contributed by atoms with van der Waals surface area (Å²) in [4.78, 5) is 8.50. The number of methoxy groups -OCH3 is 1. The Morgan fingerprint density at radius 2 is 1.65 bits per heavy atom. The Bertz CT molecular complexity index is 991. The third kappa shape index (κ3) is 4.19. The molecule has 1 heterocycles. The van der Waals surface area contributed by atoms with Crippen LogP contribution in [-0.2, 0) is 21.4 Å². The maximum Gasteiger partial charge on any atom is 0.263 e. The first-order valence-electron chi connectivity index (χ1n) is 7.67. The molecule has 26 heavy (non-hydrogen) atoms. The van der Waals surface area contributed by atoms with E-state index in [4.69, 9.17) is 16.3 Å². The predicted molar refractivity (Wildman–Crippen MR) is 100 cm³/mol. The largest absolute Gasteiger partial charge is 0.380 e. The van der Waals surface area contributed by atoms with Gasteiger partial charge in [0, 0.05) is 30.1 Å². The fourth-order valence-corrected chi connectivity index (χ4v) is 3.49. The van der Waals surface area contributed by atoms with Gasteiger partial charge in [0.1, 0.15) is 5.69 Å². The molecule has 0 bridgehead atoms. The molecule has 0 aliphatic heterocycles. The van der Waals surface area contributed by atoms with Gasteiger partial charge in [-0.1, -0.05) is 35.9 Å². The van der Waals surface area contributed by atoms with E-state index >= 15 is 0 Å². The monoisotopic (exact) mass is 389 g/mol. The number of halogens is 1. The normalized spacial score (nSPS) is 11.3. The lowest BCUT2D eigenvalue weighted by atomic mass is 10.1. The molecule has 0 unspecified atom stereocenters. The molecule has 8 heteroatoms. The highest BCUT2D eigenvalue weighted by Crippen LogP contribution is 2.26. The number of hydrogen-bond acceptors (Lipinski definition) is 5. The minimum atomic E-state index is -3.81. The third-order valence-electron chi connectivity index (χ3n) is 3.59. The van der Waals surface area contributed by atoms with Crippen LogP contribution in [-0.4, -0.2) is 25.5 Å². The van der Waals surface area contributed by atoms with E-state index in [1.807, 2.05) is 24.3 Å². The van der Waals surface area contributed by atoms with Crippen molar-refractivity contribution in [3.63, 3.8) is 0 Å². The average Bonchev–Trinajstić information content (AvgIpc) is 2.63. The number of aromatic nitrogens is 2. The van der Waals surface area contributed by atoms with Gasteiger partial charge in [-0.05, 0) is 29.8 Å². The van der Waals surface area contributed by atoms with Crippen LogP contribution in [0.4, 0.5) is 5.82 Å². The molecule has 6 nitrogen and oxygen atoms in total. The summed E-state index contributed by atoms with van der Waals surface area (Å²) in [6, 6.07) is 13.4. The summed E-state index contributed by atoms with van der Waals surface area (Å²) < 4.78 is 32.8. The summed E-state index contributed by atoms with van der Waals surface area (Å²) in [5.74, 6) is 0.155. The van der Waals surface area contributed by atoms with Crippen molar-refractivity contribution in [3.8, 4) is 11.3 Å². The van der Waals surface area contributed by atoms with Crippen molar-refractivity contribution in [3.05, 3.63) is 71.5 Å². The number of hydrogen-bond donors (Lipinski definition) is 1. The van der Waals surface area contributed by atoms with Crippen LogP contribution >= 0.6 is 11.6 Å². The van der Waals surface area contributed by atoms with E-state index in [-0.39, 0.29) is 10.7 Å². The van der Waals surface area contributed by atoms with Crippen molar-refractivity contribution in [2.24, 2.45) is 0 Å². The maximum atomic E-state index is 12.6. The Morgan fingerprint density at radius 1 is 1.00 bits per heavy atom. The summed E-state index contributed by atoms with van der Waals surface area (Å²) in [5.41, 5.74) is 2.18. The topological polar surface area (TPSA) is 81.2 Å². The molecule has 0 aliphatic rings. The highest BCUT2D eigenvalue weighted by molar-refractivity contribution is 7.92. The standard InChI is InChI=1S/C18H16ClN3O3S/c1-25-12-13-2-4-14(5-3-13)17-18(21-11-10-20-17)22-26(23,24)16-8-6-15(19)7-9-16/h2-11H,12H2,1H3,(H,21,22). The van der Waals surface area contributed by atoms with Crippen molar-refractivity contribution in [2.45, 2.75) is 11.5 Å². The molecule has 1 aromatic heterocycles. The van der Waals surface area contributed by atoms with Crippen LogP contribution in [0.3, 0.4) is 0 Å². The fraction of sp³-hybridized carbons (Fsp3) is 0.111. The summed E-state index contributed by atoms with van der Waals surface area (Å²) in [7, 11) is -2.18. The molecule has 0 radical (unpaired) electrons. The minimum absolute atomic E-state index is 0.0916. The Kier molecular flexibility index (Phi) is 5.51. The molecule has 134 valence electrons. The summed E-state index contributed by atoms with van der Waals surface area (Å²) in [5, 5.41) is 0.459. The number of nitrogens with zero attached hydrogens (tertiary/aromatic N) is 2. The Morgan fingerprint density at radius 3 is 2.31 bits per heavy atom. The molecule has 3 rings (SSSR count). The van der Waals surface area contributed by atoms with E-state index in [9.17, 15) is 8.42 Å². The molecule has 0 saturated carbocycles. The van der Waals surface area contributed by atoms with Gasteiger partial charge in [0.25, 0.3) is 10.0 Å². The van der Waals surface area contributed by atoms with Crippen molar-refractivity contribution < 1.29 is 13.2 Å². The molecule has 0 atom stereocenters. The van der Waals surface area contributed by atoms with Crippen LogP contribution in [0, 0.1) is 0 Å². The number of benzene rings is 2. The number of anilines is 1. The van der Waals surface area contributed by atoms with Gasteiger partial charge in [0.05, 0.1) is 11.5 Å². The molecule has 0 saturated heterocycles. The van der Waals surface area contributed by atoms with Gasteiger partial charge < -0.3 is 4.74 Å². The lowest BCUT2D eigenvalue weighted by molar-refractivity contribution is 0.185. The van der Waals surface area contributed by atoms with Crippen LogP contribution in [0.2, 0.25) is 5.02 Å². The number of rotatable bonds is 6. The van der Waals surface area contributed by atoms with Gasteiger partial charge in [-0.3, -0.25) is 9.71 Å². The zero-order valence-electron chi connectivity index (χ0n) is 13.9. The van der Waals surface area contributed by atoms with Gasteiger partial charge in [0.15, 0.2) is 5.82 Å². The molecule has 0 fully saturated rings. The first kappa shape index (κ1) is 18.3. The van der Waals surface area contributed by atoms with Crippen molar-refractivity contribution >= 4 is 27.4 Å². The second-order valence-electron chi connectivity index (χ2n) is 5.44. The van der Waals surface area contributed by atoms with E-state index in [1.54, 1.807) is 7.11 Å². The summed E-state index contributed by atoms with van der Waals surface area (Å²) >= 11 is 5.82. The van der Waals surface area contributed by atoms with E-state index in [0.29, 0.717) is 17.3 Å². The molecule has 0 amide bonds. The van der Waals surface area contributed by atoms with Crippen LogP contribution in [0.5, 0.6) is 0 Å². The predicted octanol–water partition coefficient (Wildman–Crippen LogP) is 3.74. The molecule has 0 aliphatic carbocycles. The highest BCUT2D eigenvalue weighted by Gasteiger charge is 2.18. The number of nitrogens with one attached hydrogen (secondary N) is 1. The van der Waals surface area contributed by atoms with Gasteiger partial charge >= 0.3 is 0 Å². The summed E-state index contributed by atoms with van der Waals surface area (Å²) in [6.07, 6.45) is 2.95.